The third-order valence-electron chi connectivity index (χ3n) is 0.627. The van der Waals surface area contributed by atoms with Gasteiger partial charge in [-0.25, -0.2) is 0 Å². The third-order valence-corrected chi connectivity index (χ3v) is 0.627. The maximum absolute atomic E-state index is 4.83. The molecule has 0 radical (unpaired) electrons. The summed E-state index contributed by atoms with van der Waals surface area (Å²) in [6, 6.07) is 0. The molecular formula is C2H6AlBBr3NO. The fourth-order valence-electron chi connectivity index (χ4n) is 0.361. The van der Waals surface area contributed by atoms with E-state index in [9.17, 15) is 0 Å². The van der Waals surface area contributed by atoms with Crippen molar-refractivity contribution in [1.29, 1.82) is 0 Å². The molecule has 1 heterocycles. The molecule has 0 amide bonds. The minimum absolute atomic E-state index is 0. The second kappa shape index (κ2) is 16.5. The molecule has 52 valence electrons. The molecule has 0 atom stereocenters. The van der Waals surface area contributed by atoms with Gasteiger partial charge in [0.25, 0.3) is 0 Å². The summed E-state index contributed by atoms with van der Waals surface area (Å²) in [6.07, 6.45) is 0. The topological polar surface area (TPSA) is 21.3 Å². The summed E-state index contributed by atoms with van der Waals surface area (Å²) < 4.78 is 4.83. The maximum atomic E-state index is 4.83. The molecule has 1 fully saturated rings. The van der Waals surface area contributed by atoms with Crippen molar-refractivity contribution < 1.29 is 55.6 Å². The first-order chi connectivity index (χ1) is 2.50. The minimum Gasteiger partial charge on any atom is -1.00 e. The van der Waals surface area contributed by atoms with Crippen molar-refractivity contribution >= 4 is 25.0 Å². The summed E-state index contributed by atoms with van der Waals surface area (Å²) in [5, 5.41) is 3.00. The summed E-state index contributed by atoms with van der Waals surface area (Å²) in [6.45, 7) is 1.92. The predicted molar refractivity (Wildman–Crippen MR) is 26.9 cm³/mol. The van der Waals surface area contributed by atoms with Gasteiger partial charge >= 0.3 is 25.0 Å². The predicted octanol–water partition coefficient (Wildman–Crippen LogP) is -10.5. The van der Waals surface area contributed by atoms with Gasteiger partial charge in [-0.1, -0.05) is 0 Å². The van der Waals surface area contributed by atoms with Crippen LogP contribution in [0.1, 0.15) is 0 Å². The quantitative estimate of drug-likeness (QED) is 0.443. The van der Waals surface area contributed by atoms with Gasteiger partial charge in [0.2, 0.25) is 0 Å². The van der Waals surface area contributed by atoms with Crippen LogP contribution in [0.2, 0.25) is 0 Å². The number of nitrogens with one attached hydrogen (secondary N) is 1. The molecule has 0 spiro atoms. The van der Waals surface area contributed by atoms with E-state index in [-0.39, 0.29) is 68.3 Å². The van der Waals surface area contributed by atoms with Gasteiger partial charge in [0.15, 0.2) is 0 Å². The molecule has 0 unspecified atom stereocenters. The molecular weight excluding hydrogens is 332 g/mol. The van der Waals surface area contributed by atoms with Crippen molar-refractivity contribution in [2.45, 2.75) is 0 Å². The zero-order valence-electron chi connectivity index (χ0n) is 4.74. The summed E-state index contributed by atoms with van der Waals surface area (Å²) in [7, 11) is 0.750. The van der Waals surface area contributed by atoms with Gasteiger partial charge in [0, 0.05) is 13.2 Å². The third kappa shape index (κ3) is 13.0. The SMILES string of the molecule is B1NCCO1.[Al+3].[Br-].[Br-].[Br-]. The fourth-order valence-corrected chi connectivity index (χ4v) is 0.361. The molecule has 0 aromatic carbocycles. The Morgan fingerprint density at radius 1 is 1.22 bits per heavy atom. The Morgan fingerprint density at radius 3 is 1.89 bits per heavy atom. The maximum Gasteiger partial charge on any atom is 3.00 e. The Bertz CT molecular complexity index is 33.4. The molecule has 0 aliphatic carbocycles. The molecule has 1 aliphatic rings. The van der Waals surface area contributed by atoms with Crippen LogP contribution in [0.25, 0.3) is 0 Å². The molecule has 9 heavy (non-hydrogen) atoms. The molecule has 7 heteroatoms. The van der Waals surface area contributed by atoms with E-state index >= 15 is 0 Å². The van der Waals surface area contributed by atoms with Crippen molar-refractivity contribution in [2.24, 2.45) is 0 Å². The molecule has 0 bridgehead atoms. The second-order valence-corrected chi connectivity index (χ2v) is 1.05. The Kier molecular flexibility index (Phi) is 41.2. The van der Waals surface area contributed by atoms with Gasteiger partial charge < -0.3 is 60.8 Å². The van der Waals surface area contributed by atoms with Crippen molar-refractivity contribution in [1.82, 2.24) is 5.23 Å². The van der Waals surface area contributed by atoms with Gasteiger partial charge in [-0.2, -0.15) is 0 Å². The monoisotopic (exact) mass is 335 g/mol. The Hall–Kier alpha value is 1.96. The van der Waals surface area contributed by atoms with E-state index in [1.807, 2.05) is 0 Å². The number of halogens is 3. The van der Waals surface area contributed by atoms with Crippen LogP contribution in [0.3, 0.4) is 0 Å². The Morgan fingerprint density at radius 2 is 1.78 bits per heavy atom. The minimum atomic E-state index is 0. The van der Waals surface area contributed by atoms with E-state index < -0.39 is 0 Å². The first kappa shape index (κ1) is 22.4. The molecule has 0 saturated carbocycles. The van der Waals surface area contributed by atoms with Crippen LogP contribution < -0.4 is 56.2 Å². The summed E-state index contributed by atoms with van der Waals surface area (Å²) in [5.41, 5.74) is 0. The van der Waals surface area contributed by atoms with E-state index in [0.717, 1.165) is 20.8 Å². The Balaban J connectivity index is -0.0000000312. The van der Waals surface area contributed by atoms with Crippen LogP contribution in [0.5, 0.6) is 0 Å². The van der Waals surface area contributed by atoms with Crippen LogP contribution in [0.4, 0.5) is 0 Å². The molecule has 1 aliphatic heterocycles. The molecule has 1 rings (SSSR count). The summed E-state index contributed by atoms with van der Waals surface area (Å²) >= 11 is 0. The zero-order chi connectivity index (χ0) is 3.54. The van der Waals surface area contributed by atoms with Gasteiger partial charge in [-0.05, 0) is 0 Å². The largest absolute Gasteiger partial charge is 3.00 e. The standard InChI is InChI=1S/C2H6BNO.Al.3BrH/c1-2-5-3-4-1;;;;/h3-4H,1-2H2;;3*1H/q;+3;;;/p-3. The number of rotatable bonds is 0. The first-order valence-corrected chi connectivity index (χ1v) is 1.78. The van der Waals surface area contributed by atoms with Crippen molar-refractivity contribution in [3.63, 3.8) is 0 Å². The fraction of sp³-hybridized carbons (Fsp3) is 1.00. The molecule has 1 N–H and O–H groups in total. The van der Waals surface area contributed by atoms with Crippen molar-refractivity contribution in [3.8, 4) is 0 Å². The van der Waals surface area contributed by atoms with Gasteiger partial charge in [0.1, 0.15) is 0 Å². The van der Waals surface area contributed by atoms with Crippen LogP contribution >= 0.6 is 0 Å². The molecule has 1 saturated heterocycles. The first-order valence-electron chi connectivity index (χ1n) is 1.78. The van der Waals surface area contributed by atoms with Gasteiger partial charge in [-0.3, -0.25) is 0 Å². The molecule has 2 nitrogen and oxygen atoms in total. The van der Waals surface area contributed by atoms with E-state index in [2.05, 4.69) is 5.23 Å². The molecule has 0 aromatic heterocycles. The van der Waals surface area contributed by atoms with Crippen molar-refractivity contribution in [2.75, 3.05) is 13.2 Å². The number of hydrogen-bond acceptors (Lipinski definition) is 2. The zero-order valence-corrected chi connectivity index (χ0v) is 10.7. The molecule has 0 aromatic rings. The van der Waals surface area contributed by atoms with Crippen LogP contribution in [-0.4, -0.2) is 38.1 Å². The second-order valence-electron chi connectivity index (χ2n) is 1.05. The average molecular weight is 338 g/mol. The van der Waals surface area contributed by atoms with E-state index in [0.29, 0.717) is 0 Å². The summed E-state index contributed by atoms with van der Waals surface area (Å²) in [4.78, 5) is 0. The van der Waals surface area contributed by atoms with Crippen LogP contribution in [0.15, 0.2) is 0 Å². The average Bonchev–Trinajstić information content (AvgIpc) is 1.76. The number of hydrogen-bond donors (Lipinski definition) is 1. The summed E-state index contributed by atoms with van der Waals surface area (Å²) in [5.74, 6) is 0. The Labute approximate surface area is 98.2 Å². The smallest absolute Gasteiger partial charge is 1.00 e. The normalized spacial score (nSPS) is 12.4. The van der Waals surface area contributed by atoms with Gasteiger partial charge in [0.05, 0.1) is 0 Å². The van der Waals surface area contributed by atoms with E-state index in [1.54, 1.807) is 0 Å². The van der Waals surface area contributed by atoms with Crippen LogP contribution in [-0.2, 0) is 4.65 Å². The van der Waals surface area contributed by atoms with E-state index in [1.165, 1.54) is 0 Å². The van der Waals surface area contributed by atoms with Crippen LogP contribution in [0, 0.1) is 0 Å². The van der Waals surface area contributed by atoms with E-state index in [4.69, 9.17) is 4.65 Å². The van der Waals surface area contributed by atoms with Crippen molar-refractivity contribution in [3.05, 3.63) is 0 Å². The van der Waals surface area contributed by atoms with Gasteiger partial charge in [-0.15, -0.1) is 0 Å².